The lowest BCUT2D eigenvalue weighted by Gasteiger charge is -2.23. The van der Waals surface area contributed by atoms with E-state index in [-0.39, 0.29) is 5.41 Å². The van der Waals surface area contributed by atoms with Crippen molar-refractivity contribution in [2.75, 3.05) is 0 Å². The minimum atomic E-state index is 0.00543. The van der Waals surface area contributed by atoms with Gasteiger partial charge in [0.2, 0.25) is 5.71 Å². The molecule has 156 valence electrons. The van der Waals surface area contributed by atoms with Crippen LogP contribution >= 0.6 is 0 Å². The van der Waals surface area contributed by atoms with Crippen LogP contribution in [0.2, 0.25) is 0 Å². The van der Waals surface area contributed by atoms with E-state index in [9.17, 15) is 0 Å². The second kappa shape index (κ2) is 6.64. The summed E-state index contributed by atoms with van der Waals surface area (Å²) in [5, 5.41) is 6.79. The molecule has 4 aromatic carbocycles. The fourth-order valence-corrected chi connectivity index (χ4v) is 4.79. The highest BCUT2D eigenvalue weighted by Gasteiger charge is 2.22. The Kier molecular flexibility index (Phi) is 3.94. The van der Waals surface area contributed by atoms with E-state index in [2.05, 4.69) is 92.5 Å². The predicted molar refractivity (Wildman–Crippen MR) is 133 cm³/mol. The molecule has 0 saturated heterocycles. The van der Waals surface area contributed by atoms with Gasteiger partial charge in [0.1, 0.15) is 11.4 Å². The Balaban J connectivity index is 1.75. The number of nitrogens with zero attached hydrogens (tertiary/aromatic N) is 2. The molecule has 0 amide bonds. The van der Waals surface area contributed by atoms with E-state index < -0.39 is 0 Å². The van der Waals surface area contributed by atoms with Crippen molar-refractivity contribution in [3.8, 4) is 11.3 Å². The normalized spacial score (nSPS) is 12.4. The standard InChI is InChI=1S/C29H24N2O/c1-17-30-26(20-15-19-10-6-7-11-21(19)24(16-20)29(2,3)4)25-23-14-13-18-9-5-8-12-22(18)27(23)32-28(25)31-17/h5-16H,1-4H3. The van der Waals surface area contributed by atoms with Gasteiger partial charge in [0, 0.05) is 16.3 Å². The minimum absolute atomic E-state index is 0.00543. The number of benzene rings is 4. The molecular formula is C29H24N2O. The molecule has 0 aliphatic rings. The molecule has 0 bridgehead atoms. The smallest absolute Gasteiger partial charge is 0.231 e. The average Bonchev–Trinajstić information content (AvgIpc) is 3.15. The third-order valence-electron chi connectivity index (χ3n) is 6.28. The fraction of sp³-hybridized carbons (Fsp3) is 0.172. The van der Waals surface area contributed by atoms with Crippen LogP contribution in [-0.2, 0) is 5.41 Å². The third-order valence-corrected chi connectivity index (χ3v) is 6.28. The molecule has 3 heteroatoms. The molecule has 6 aromatic rings. The van der Waals surface area contributed by atoms with Crippen LogP contribution < -0.4 is 0 Å². The van der Waals surface area contributed by atoms with Crippen LogP contribution in [0.3, 0.4) is 0 Å². The van der Waals surface area contributed by atoms with Crippen LogP contribution in [0.15, 0.2) is 77.2 Å². The van der Waals surface area contributed by atoms with Gasteiger partial charge in [-0.2, -0.15) is 4.98 Å². The van der Waals surface area contributed by atoms with Crippen LogP contribution in [-0.4, -0.2) is 9.97 Å². The fourth-order valence-electron chi connectivity index (χ4n) is 4.79. The van der Waals surface area contributed by atoms with Crippen LogP contribution in [0.5, 0.6) is 0 Å². The number of rotatable bonds is 1. The van der Waals surface area contributed by atoms with Crippen molar-refractivity contribution in [2.45, 2.75) is 33.1 Å². The summed E-state index contributed by atoms with van der Waals surface area (Å²) in [6.45, 7) is 8.72. The second-order valence-corrected chi connectivity index (χ2v) is 9.56. The van der Waals surface area contributed by atoms with Gasteiger partial charge in [-0.1, -0.05) is 75.4 Å². The molecule has 0 unspecified atom stereocenters. The van der Waals surface area contributed by atoms with E-state index in [1.807, 2.05) is 13.0 Å². The molecule has 0 N–H and O–H groups in total. The summed E-state index contributed by atoms with van der Waals surface area (Å²) in [5.41, 5.74) is 4.86. The van der Waals surface area contributed by atoms with E-state index in [1.54, 1.807) is 0 Å². The molecule has 0 spiro atoms. The topological polar surface area (TPSA) is 38.9 Å². The Bertz CT molecular complexity index is 1670. The lowest BCUT2D eigenvalue weighted by Crippen LogP contribution is -2.12. The van der Waals surface area contributed by atoms with Crippen LogP contribution in [0, 0.1) is 6.92 Å². The van der Waals surface area contributed by atoms with Crippen LogP contribution in [0.1, 0.15) is 32.2 Å². The van der Waals surface area contributed by atoms with Gasteiger partial charge in [0.05, 0.1) is 11.1 Å². The Morgan fingerprint density at radius 1 is 0.719 bits per heavy atom. The Hall–Kier alpha value is -3.72. The number of fused-ring (bicyclic) bond motifs is 6. The van der Waals surface area contributed by atoms with Crippen molar-refractivity contribution in [1.29, 1.82) is 0 Å². The second-order valence-electron chi connectivity index (χ2n) is 9.56. The molecule has 2 heterocycles. The number of hydrogen-bond donors (Lipinski definition) is 0. The summed E-state index contributed by atoms with van der Waals surface area (Å²) >= 11 is 0. The maximum absolute atomic E-state index is 6.34. The van der Waals surface area contributed by atoms with Gasteiger partial charge < -0.3 is 4.42 Å². The summed E-state index contributed by atoms with van der Waals surface area (Å²) in [5.74, 6) is 0.710. The summed E-state index contributed by atoms with van der Waals surface area (Å²) in [6, 6.07) is 25.7. The molecule has 0 fully saturated rings. The van der Waals surface area contributed by atoms with E-state index in [0.717, 1.165) is 38.4 Å². The predicted octanol–water partition coefficient (Wildman–Crippen LogP) is 7.96. The van der Waals surface area contributed by atoms with Gasteiger partial charge >= 0.3 is 0 Å². The van der Waals surface area contributed by atoms with Crippen molar-refractivity contribution in [1.82, 2.24) is 9.97 Å². The van der Waals surface area contributed by atoms with E-state index in [0.29, 0.717) is 11.5 Å². The molecule has 0 atom stereocenters. The Morgan fingerprint density at radius 2 is 1.44 bits per heavy atom. The summed E-state index contributed by atoms with van der Waals surface area (Å²) in [4.78, 5) is 9.59. The van der Waals surface area contributed by atoms with Crippen molar-refractivity contribution in [3.05, 3.63) is 84.2 Å². The van der Waals surface area contributed by atoms with Gasteiger partial charge in [0.25, 0.3) is 0 Å². The maximum Gasteiger partial charge on any atom is 0.231 e. The van der Waals surface area contributed by atoms with E-state index in [4.69, 9.17) is 9.40 Å². The maximum atomic E-state index is 6.34. The van der Waals surface area contributed by atoms with Crippen LogP contribution in [0.4, 0.5) is 0 Å². The lowest BCUT2D eigenvalue weighted by molar-refractivity contribution is 0.596. The lowest BCUT2D eigenvalue weighted by atomic mass is 9.82. The molecule has 2 aromatic heterocycles. The molecule has 0 radical (unpaired) electrons. The van der Waals surface area contributed by atoms with Crippen molar-refractivity contribution in [3.63, 3.8) is 0 Å². The molecule has 0 saturated carbocycles. The van der Waals surface area contributed by atoms with Crippen LogP contribution in [0.25, 0.3) is 54.9 Å². The van der Waals surface area contributed by atoms with Crippen molar-refractivity contribution in [2.24, 2.45) is 0 Å². The highest BCUT2D eigenvalue weighted by atomic mass is 16.3. The zero-order valence-corrected chi connectivity index (χ0v) is 18.7. The molecule has 3 nitrogen and oxygen atoms in total. The number of aryl methyl sites for hydroxylation is 1. The van der Waals surface area contributed by atoms with Gasteiger partial charge in [-0.25, -0.2) is 4.98 Å². The Labute approximate surface area is 186 Å². The van der Waals surface area contributed by atoms with Gasteiger partial charge in [-0.3, -0.25) is 0 Å². The average molecular weight is 417 g/mol. The highest BCUT2D eigenvalue weighted by Crippen LogP contribution is 2.40. The first-order chi connectivity index (χ1) is 15.4. The molecule has 0 aliphatic heterocycles. The third kappa shape index (κ3) is 2.81. The molecular weight excluding hydrogens is 392 g/mol. The summed E-state index contributed by atoms with van der Waals surface area (Å²) in [6.07, 6.45) is 0. The minimum Gasteiger partial charge on any atom is -0.437 e. The largest absolute Gasteiger partial charge is 0.437 e. The highest BCUT2D eigenvalue weighted by molar-refractivity contribution is 6.18. The summed E-state index contributed by atoms with van der Waals surface area (Å²) in [7, 11) is 0. The monoisotopic (exact) mass is 416 g/mol. The quantitative estimate of drug-likeness (QED) is 0.273. The van der Waals surface area contributed by atoms with E-state index in [1.165, 1.54) is 16.3 Å². The molecule has 6 rings (SSSR count). The first kappa shape index (κ1) is 19.0. The first-order valence-corrected chi connectivity index (χ1v) is 11.0. The first-order valence-electron chi connectivity index (χ1n) is 11.0. The van der Waals surface area contributed by atoms with Gasteiger partial charge in [-0.15, -0.1) is 0 Å². The number of hydrogen-bond acceptors (Lipinski definition) is 3. The van der Waals surface area contributed by atoms with Gasteiger partial charge in [0.15, 0.2) is 0 Å². The zero-order chi connectivity index (χ0) is 22.0. The summed E-state index contributed by atoms with van der Waals surface area (Å²) < 4.78 is 6.34. The Morgan fingerprint density at radius 3 is 2.22 bits per heavy atom. The van der Waals surface area contributed by atoms with Gasteiger partial charge in [-0.05, 0) is 52.3 Å². The van der Waals surface area contributed by atoms with Crippen molar-refractivity contribution >= 4 is 43.6 Å². The number of furan rings is 1. The van der Waals surface area contributed by atoms with Crippen molar-refractivity contribution < 1.29 is 4.42 Å². The zero-order valence-electron chi connectivity index (χ0n) is 18.7. The molecule has 0 aliphatic carbocycles. The SMILES string of the molecule is Cc1nc(-c2cc(C(C)(C)C)c3ccccc3c2)c2c(n1)oc1c3ccccc3ccc12. The number of aromatic nitrogens is 2. The molecule has 32 heavy (non-hydrogen) atoms. The van der Waals surface area contributed by atoms with E-state index >= 15 is 0 Å².